The second-order valence-corrected chi connectivity index (χ2v) is 5.91. The highest BCUT2D eigenvalue weighted by Gasteiger charge is 2.20. The fourth-order valence-corrected chi connectivity index (χ4v) is 2.26. The minimum absolute atomic E-state index is 0.173. The summed E-state index contributed by atoms with van der Waals surface area (Å²) in [5, 5.41) is 8.65. The quantitative estimate of drug-likeness (QED) is 0.834. The van der Waals surface area contributed by atoms with E-state index in [1.54, 1.807) is 0 Å². The van der Waals surface area contributed by atoms with E-state index < -0.39 is 22.0 Å². The molecule has 106 valence electrons. The fourth-order valence-electron chi connectivity index (χ4n) is 1.17. The van der Waals surface area contributed by atoms with Crippen LogP contribution in [-0.4, -0.2) is 37.4 Å². The van der Waals surface area contributed by atoms with Gasteiger partial charge in [-0.3, -0.25) is 9.52 Å². The van der Waals surface area contributed by atoms with E-state index in [9.17, 15) is 17.6 Å². The molecular formula is C10H12ClFN2O4S. The van der Waals surface area contributed by atoms with Gasteiger partial charge >= 0.3 is 16.2 Å². The van der Waals surface area contributed by atoms with Gasteiger partial charge in [0.15, 0.2) is 0 Å². The monoisotopic (exact) mass is 310 g/mol. The number of carbonyl (C=O) groups is 1. The van der Waals surface area contributed by atoms with Crippen molar-refractivity contribution in [3.05, 3.63) is 29.0 Å². The first-order chi connectivity index (χ1) is 8.72. The molecule has 6 nitrogen and oxygen atoms in total. The van der Waals surface area contributed by atoms with Gasteiger partial charge < -0.3 is 5.11 Å². The van der Waals surface area contributed by atoms with E-state index in [4.69, 9.17) is 16.7 Å². The van der Waals surface area contributed by atoms with Crippen molar-refractivity contribution in [2.45, 2.75) is 6.42 Å². The van der Waals surface area contributed by atoms with Crippen LogP contribution in [0.25, 0.3) is 0 Å². The molecule has 19 heavy (non-hydrogen) atoms. The molecule has 0 amide bonds. The molecule has 0 aliphatic heterocycles. The Morgan fingerprint density at radius 1 is 1.53 bits per heavy atom. The lowest BCUT2D eigenvalue weighted by Crippen LogP contribution is -2.34. The van der Waals surface area contributed by atoms with Gasteiger partial charge in [0.2, 0.25) is 0 Å². The standard InChI is InChI=1S/C10H12ClFN2O4S/c1-14(5-4-10(15)16)19(17,18)13-9-6-7(11)2-3-8(9)12/h2-3,6,13H,4-5H2,1H3,(H,15,16). The third-order valence-corrected chi connectivity index (χ3v) is 3.93. The smallest absolute Gasteiger partial charge is 0.304 e. The number of nitrogens with zero attached hydrogens (tertiary/aromatic N) is 1. The van der Waals surface area contributed by atoms with Gasteiger partial charge in [0.25, 0.3) is 0 Å². The van der Waals surface area contributed by atoms with Gasteiger partial charge in [0, 0.05) is 18.6 Å². The molecule has 0 fully saturated rings. The average Bonchev–Trinajstić information content (AvgIpc) is 2.30. The Morgan fingerprint density at radius 2 is 2.16 bits per heavy atom. The van der Waals surface area contributed by atoms with Crippen LogP contribution in [0.1, 0.15) is 6.42 Å². The normalized spacial score (nSPS) is 11.6. The van der Waals surface area contributed by atoms with E-state index in [-0.39, 0.29) is 23.7 Å². The summed E-state index contributed by atoms with van der Waals surface area (Å²) in [5.41, 5.74) is -0.297. The Labute approximate surface area is 115 Å². The van der Waals surface area contributed by atoms with Crippen molar-refractivity contribution in [2.24, 2.45) is 0 Å². The van der Waals surface area contributed by atoms with E-state index in [0.717, 1.165) is 16.4 Å². The number of carboxylic acids is 1. The van der Waals surface area contributed by atoms with Crippen LogP contribution in [0.2, 0.25) is 5.02 Å². The molecule has 0 spiro atoms. The van der Waals surface area contributed by atoms with Gasteiger partial charge in [-0.2, -0.15) is 12.7 Å². The van der Waals surface area contributed by atoms with Gasteiger partial charge in [0.1, 0.15) is 5.82 Å². The maximum atomic E-state index is 13.4. The molecule has 0 unspecified atom stereocenters. The topological polar surface area (TPSA) is 86.7 Å². The maximum absolute atomic E-state index is 13.4. The number of halogens is 2. The molecule has 0 heterocycles. The second-order valence-electron chi connectivity index (χ2n) is 3.70. The number of carboxylic acid groups (broad SMARTS) is 1. The molecule has 9 heteroatoms. The SMILES string of the molecule is CN(CCC(=O)O)S(=O)(=O)Nc1cc(Cl)ccc1F. The Morgan fingerprint density at radius 3 is 2.74 bits per heavy atom. The number of nitrogens with one attached hydrogen (secondary N) is 1. The van der Waals surface area contributed by atoms with Crippen molar-refractivity contribution in [1.82, 2.24) is 4.31 Å². The predicted molar refractivity (Wildman–Crippen MR) is 68.8 cm³/mol. The van der Waals surface area contributed by atoms with Crippen LogP contribution in [-0.2, 0) is 15.0 Å². The number of rotatable bonds is 6. The van der Waals surface area contributed by atoms with Gasteiger partial charge in [0.05, 0.1) is 12.1 Å². The number of anilines is 1. The van der Waals surface area contributed by atoms with E-state index in [1.165, 1.54) is 13.1 Å². The van der Waals surface area contributed by atoms with Crippen LogP contribution in [0.3, 0.4) is 0 Å². The summed E-state index contributed by atoms with van der Waals surface area (Å²) in [6.45, 7) is -0.229. The van der Waals surface area contributed by atoms with Crippen molar-refractivity contribution in [3.8, 4) is 0 Å². The van der Waals surface area contributed by atoms with E-state index >= 15 is 0 Å². The third kappa shape index (κ3) is 4.66. The van der Waals surface area contributed by atoms with Crippen molar-refractivity contribution in [1.29, 1.82) is 0 Å². The van der Waals surface area contributed by atoms with Crippen molar-refractivity contribution >= 4 is 33.5 Å². The van der Waals surface area contributed by atoms with Crippen LogP contribution in [0, 0.1) is 5.82 Å². The van der Waals surface area contributed by atoms with Crippen molar-refractivity contribution in [3.63, 3.8) is 0 Å². The average molecular weight is 311 g/mol. The van der Waals surface area contributed by atoms with Gasteiger partial charge in [-0.1, -0.05) is 11.6 Å². The summed E-state index contributed by atoms with van der Waals surface area (Å²) in [5.74, 6) is -1.91. The first-order valence-electron chi connectivity index (χ1n) is 5.13. The molecule has 0 bridgehead atoms. The summed E-state index contributed by atoms with van der Waals surface area (Å²) in [7, 11) is -2.84. The molecule has 1 aromatic carbocycles. The summed E-state index contributed by atoms with van der Waals surface area (Å²) in [6.07, 6.45) is -0.352. The maximum Gasteiger partial charge on any atom is 0.304 e. The fraction of sp³-hybridized carbons (Fsp3) is 0.300. The van der Waals surface area contributed by atoms with E-state index in [1.807, 2.05) is 4.72 Å². The molecule has 0 aliphatic rings. The van der Waals surface area contributed by atoms with Crippen LogP contribution < -0.4 is 4.72 Å². The van der Waals surface area contributed by atoms with Gasteiger partial charge in [-0.05, 0) is 18.2 Å². The predicted octanol–water partition coefficient (Wildman–Crippen LogP) is 1.54. The van der Waals surface area contributed by atoms with Crippen LogP contribution in [0.5, 0.6) is 0 Å². The Kier molecular flexibility index (Phi) is 5.10. The molecule has 1 aromatic rings. The highest BCUT2D eigenvalue weighted by molar-refractivity contribution is 7.90. The lowest BCUT2D eigenvalue weighted by atomic mass is 10.3. The zero-order valence-electron chi connectivity index (χ0n) is 9.93. The number of hydrogen-bond donors (Lipinski definition) is 2. The Bertz CT molecular complexity index is 579. The minimum atomic E-state index is -4.03. The molecule has 0 saturated carbocycles. The molecule has 0 radical (unpaired) electrons. The lowest BCUT2D eigenvalue weighted by Gasteiger charge is -2.17. The minimum Gasteiger partial charge on any atom is -0.481 e. The first kappa shape index (κ1) is 15.7. The number of benzene rings is 1. The summed E-state index contributed by atoms with van der Waals surface area (Å²) in [4.78, 5) is 10.4. The number of hydrogen-bond acceptors (Lipinski definition) is 3. The second kappa shape index (κ2) is 6.18. The van der Waals surface area contributed by atoms with Crippen molar-refractivity contribution < 1.29 is 22.7 Å². The molecular weight excluding hydrogens is 299 g/mol. The van der Waals surface area contributed by atoms with Crippen LogP contribution in [0.4, 0.5) is 10.1 Å². The highest BCUT2D eigenvalue weighted by atomic mass is 35.5. The third-order valence-electron chi connectivity index (χ3n) is 2.22. The molecule has 0 atom stereocenters. The van der Waals surface area contributed by atoms with Crippen LogP contribution >= 0.6 is 11.6 Å². The molecule has 0 aromatic heterocycles. The van der Waals surface area contributed by atoms with E-state index in [0.29, 0.717) is 0 Å². The molecule has 2 N–H and O–H groups in total. The lowest BCUT2D eigenvalue weighted by molar-refractivity contribution is -0.137. The zero-order chi connectivity index (χ0) is 14.6. The Balaban J connectivity index is 2.84. The number of aliphatic carboxylic acids is 1. The zero-order valence-corrected chi connectivity index (χ0v) is 11.5. The van der Waals surface area contributed by atoms with Crippen molar-refractivity contribution in [2.75, 3.05) is 18.3 Å². The van der Waals surface area contributed by atoms with Gasteiger partial charge in [-0.15, -0.1) is 0 Å². The van der Waals surface area contributed by atoms with E-state index in [2.05, 4.69) is 0 Å². The largest absolute Gasteiger partial charge is 0.481 e. The highest BCUT2D eigenvalue weighted by Crippen LogP contribution is 2.21. The summed E-state index contributed by atoms with van der Waals surface area (Å²) >= 11 is 5.64. The van der Waals surface area contributed by atoms with Crippen LogP contribution in [0.15, 0.2) is 18.2 Å². The van der Waals surface area contributed by atoms with Gasteiger partial charge in [-0.25, -0.2) is 4.39 Å². The molecule has 0 saturated heterocycles. The summed E-state index contributed by atoms with van der Waals surface area (Å²) < 4.78 is 39.7. The Hall–Kier alpha value is -1.38. The summed E-state index contributed by atoms with van der Waals surface area (Å²) in [6, 6.07) is 3.43. The molecule has 0 aliphatic carbocycles. The first-order valence-corrected chi connectivity index (χ1v) is 6.95. The molecule has 1 rings (SSSR count).